The molecular weight excluding hydrogens is 294 g/mol. The second-order valence-electron chi connectivity index (χ2n) is 5.70. The summed E-state index contributed by atoms with van der Waals surface area (Å²) in [7, 11) is 0. The lowest BCUT2D eigenvalue weighted by Crippen LogP contribution is -2.44. The van der Waals surface area contributed by atoms with Gasteiger partial charge >= 0.3 is 6.03 Å². The Bertz CT molecular complexity index is 554. The number of carbonyl (C=O) groups is 1. The molecule has 6 nitrogen and oxygen atoms in total. The zero-order chi connectivity index (χ0) is 15.6. The quantitative estimate of drug-likeness (QED) is 0.667. The largest absolute Gasteiger partial charge is 0.324 e. The Morgan fingerprint density at radius 1 is 1.38 bits per heavy atom. The fraction of sp³-hybridized carbons (Fsp3) is 0.500. The maximum atomic E-state index is 12.2. The Hall–Kier alpha value is -1.82. The fourth-order valence-electron chi connectivity index (χ4n) is 2.76. The van der Waals surface area contributed by atoms with Crippen LogP contribution in [0.2, 0.25) is 5.02 Å². The summed E-state index contributed by atoms with van der Waals surface area (Å²) in [6, 6.07) is 4.02. The monoisotopic (exact) mass is 311 g/mol. The number of hydrogen-bond donors (Lipinski definition) is 1. The lowest BCUT2D eigenvalue weighted by Gasteiger charge is -2.34. The van der Waals surface area contributed by atoms with Gasteiger partial charge in [0.05, 0.1) is 4.92 Å². The third kappa shape index (κ3) is 3.85. The van der Waals surface area contributed by atoms with E-state index in [9.17, 15) is 14.9 Å². The molecule has 0 aromatic heterocycles. The first kappa shape index (κ1) is 15.6. The van der Waals surface area contributed by atoms with Crippen LogP contribution in [0.1, 0.15) is 20.3 Å². The number of halogens is 1. The van der Waals surface area contributed by atoms with E-state index in [-0.39, 0.29) is 16.7 Å². The highest BCUT2D eigenvalue weighted by Gasteiger charge is 2.25. The molecule has 1 heterocycles. The van der Waals surface area contributed by atoms with Crippen molar-refractivity contribution < 1.29 is 9.72 Å². The van der Waals surface area contributed by atoms with Gasteiger partial charge in [-0.15, -0.1) is 0 Å². The molecule has 2 rings (SSSR count). The highest BCUT2D eigenvalue weighted by atomic mass is 35.5. The molecule has 0 radical (unpaired) electrons. The topological polar surface area (TPSA) is 75.5 Å². The van der Waals surface area contributed by atoms with Gasteiger partial charge in [-0.25, -0.2) is 4.79 Å². The van der Waals surface area contributed by atoms with Crippen LogP contribution in [0, 0.1) is 22.0 Å². The van der Waals surface area contributed by atoms with E-state index >= 15 is 0 Å². The van der Waals surface area contributed by atoms with Crippen molar-refractivity contribution in [3.63, 3.8) is 0 Å². The minimum Gasteiger partial charge on any atom is -0.324 e. The molecule has 0 aliphatic carbocycles. The molecular formula is C14H18ClN3O3. The third-order valence-electron chi connectivity index (χ3n) is 3.55. The summed E-state index contributed by atoms with van der Waals surface area (Å²) in [5, 5.41) is 13.6. The number of urea groups is 1. The van der Waals surface area contributed by atoms with E-state index in [1.807, 2.05) is 0 Å². The molecule has 114 valence electrons. The van der Waals surface area contributed by atoms with Crippen LogP contribution in [-0.2, 0) is 0 Å². The standard InChI is InChI=1S/C14H18ClN3O3/c1-9-5-10(2)8-17(7-9)14(19)16-11-3-4-12(15)13(6-11)18(20)21/h3-4,6,9-10H,5,7-8H2,1-2H3,(H,16,19)/t9-,10-/m1/s1. The van der Waals surface area contributed by atoms with Gasteiger partial charge in [0.2, 0.25) is 0 Å². The van der Waals surface area contributed by atoms with E-state index in [2.05, 4.69) is 19.2 Å². The predicted molar refractivity (Wildman–Crippen MR) is 81.6 cm³/mol. The minimum atomic E-state index is -0.566. The number of nitro groups is 1. The van der Waals surface area contributed by atoms with Gasteiger partial charge in [-0.3, -0.25) is 10.1 Å². The van der Waals surface area contributed by atoms with Crippen LogP contribution in [0.4, 0.5) is 16.2 Å². The number of benzene rings is 1. The Kier molecular flexibility index (Phi) is 4.67. The van der Waals surface area contributed by atoms with Crippen molar-refractivity contribution >= 4 is 29.0 Å². The van der Waals surface area contributed by atoms with Crippen molar-refractivity contribution in [3.05, 3.63) is 33.3 Å². The number of carbonyl (C=O) groups excluding carboxylic acids is 1. The van der Waals surface area contributed by atoms with Crippen LogP contribution in [0.15, 0.2) is 18.2 Å². The van der Waals surface area contributed by atoms with Gasteiger partial charge in [-0.1, -0.05) is 25.4 Å². The van der Waals surface area contributed by atoms with Crippen LogP contribution in [0.5, 0.6) is 0 Å². The molecule has 2 amide bonds. The Labute approximate surface area is 128 Å². The van der Waals surface area contributed by atoms with E-state index in [1.54, 1.807) is 11.0 Å². The van der Waals surface area contributed by atoms with Crippen LogP contribution in [0.25, 0.3) is 0 Å². The third-order valence-corrected chi connectivity index (χ3v) is 3.87. The van der Waals surface area contributed by atoms with E-state index in [0.29, 0.717) is 30.6 Å². The molecule has 1 aliphatic heterocycles. The first-order valence-corrected chi connectivity index (χ1v) is 7.24. The van der Waals surface area contributed by atoms with Gasteiger partial charge in [0, 0.05) is 24.8 Å². The lowest BCUT2D eigenvalue weighted by atomic mass is 9.92. The van der Waals surface area contributed by atoms with E-state index < -0.39 is 4.92 Å². The number of nitrogens with zero attached hydrogens (tertiary/aromatic N) is 2. The molecule has 1 saturated heterocycles. The van der Waals surface area contributed by atoms with Gasteiger partial charge in [0.1, 0.15) is 5.02 Å². The van der Waals surface area contributed by atoms with Crippen molar-refractivity contribution in [1.82, 2.24) is 4.90 Å². The van der Waals surface area contributed by atoms with E-state index in [4.69, 9.17) is 11.6 Å². The molecule has 0 spiro atoms. The predicted octanol–water partition coefficient (Wildman–Crippen LogP) is 3.76. The van der Waals surface area contributed by atoms with Crippen molar-refractivity contribution in [2.24, 2.45) is 11.8 Å². The van der Waals surface area contributed by atoms with Crippen molar-refractivity contribution in [3.8, 4) is 0 Å². The number of nitro benzene ring substituents is 1. The molecule has 1 fully saturated rings. The van der Waals surface area contributed by atoms with Crippen molar-refractivity contribution in [1.29, 1.82) is 0 Å². The first-order chi connectivity index (χ1) is 9.86. The van der Waals surface area contributed by atoms with Gasteiger partial charge in [-0.2, -0.15) is 0 Å². The Balaban J connectivity index is 2.09. The smallest absolute Gasteiger partial charge is 0.321 e. The zero-order valence-corrected chi connectivity index (χ0v) is 12.8. The molecule has 7 heteroatoms. The van der Waals surface area contributed by atoms with E-state index in [0.717, 1.165) is 6.42 Å². The van der Waals surface area contributed by atoms with Crippen LogP contribution in [0.3, 0.4) is 0 Å². The molecule has 1 aromatic carbocycles. The van der Waals surface area contributed by atoms with Crippen LogP contribution in [-0.4, -0.2) is 28.9 Å². The summed E-state index contributed by atoms with van der Waals surface area (Å²) in [6.07, 6.45) is 1.11. The summed E-state index contributed by atoms with van der Waals surface area (Å²) >= 11 is 5.75. The number of amides is 2. The number of rotatable bonds is 2. The normalized spacial score (nSPS) is 22.0. The molecule has 1 aliphatic rings. The number of likely N-dealkylation sites (tertiary alicyclic amines) is 1. The summed E-state index contributed by atoms with van der Waals surface area (Å²) in [4.78, 5) is 24.3. The molecule has 1 N–H and O–H groups in total. The van der Waals surface area contributed by atoms with Crippen molar-refractivity contribution in [2.75, 3.05) is 18.4 Å². The first-order valence-electron chi connectivity index (χ1n) is 6.86. The summed E-state index contributed by atoms with van der Waals surface area (Å²) < 4.78 is 0. The van der Waals surface area contributed by atoms with Gasteiger partial charge in [0.15, 0.2) is 0 Å². The zero-order valence-electron chi connectivity index (χ0n) is 12.0. The SMILES string of the molecule is C[C@@H]1C[C@@H](C)CN(C(=O)Nc2ccc(Cl)c([N+](=O)[O-])c2)C1. The number of nitrogens with one attached hydrogen (secondary N) is 1. The molecule has 0 saturated carbocycles. The highest BCUT2D eigenvalue weighted by molar-refractivity contribution is 6.32. The summed E-state index contributed by atoms with van der Waals surface area (Å²) in [5.74, 6) is 0.915. The Morgan fingerprint density at radius 3 is 2.57 bits per heavy atom. The van der Waals surface area contributed by atoms with E-state index in [1.165, 1.54) is 12.1 Å². The van der Waals surface area contributed by atoms with Gasteiger partial charge in [0.25, 0.3) is 5.69 Å². The second-order valence-corrected chi connectivity index (χ2v) is 6.11. The molecule has 0 unspecified atom stereocenters. The highest BCUT2D eigenvalue weighted by Crippen LogP contribution is 2.28. The molecule has 0 bridgehead atoms. The number of anilines is 1. The summed E-state index contributed by atoms with van der Waals surface area (Å²) in [6.45, 7) is 5.63. The fourth-order valence-corrected chi connectivity index (χ4v) is 2.95. The average molecular weight is 312 g/mol. The Morgan fingerprint density at radius 2 is 2.00 bits per heavy atom. The number of hydrogen-bond acceptors (Lipinski definition) is 3. The lowest BCUT2D eigenvalue weighted by molar-refractivity contribution is -0.384. The molecule has 1 aromatic rings. The maximum Gasteiger partial charge on any atom is 0.321 e. The van der Waals surface area contributed by atoms with Crippen LogP contribution >= 0.6 is 11.6 Å². The second kappa shape index (κ2) is 6.30. The van der Waals surface area contributed by atoms with Gasteiger partial charge < -0.3 is 10.2 Å². The van der Waals surface area contributed by atoms with Gasteiger partial charge in [-0.05, 0) is 30.4 Å². The molecule has 2 atom stereocenters. The van der Waals surface area contributed by atoms with Crippen LogP contribution < -0.4 is 5.32 Å². The average Bonchev–Trinajstić information content (AvgIpc) is 2.39. The minimum absolute atomic E-state index is 0.0539. The number of piperidine rings is 1. The summed E-state index contributed by atoms with van der Waals surface area (Å²) in [5.41, 5.74) is 0.164. The van der Waals surface area contributed by atoms with Crippen molar-refractivity contribution in [2.45, 2.75) is 20.3 Å². The maximum absolute atomic E-state index is 12.2. The molecule has 21 heavy (non-hydrogen) atoms.